The molecule has 4 heteroatoms. The van der Waals surface area contributed by atoms with Crippen LogP contribution >= 0.6 is 31.9 Å². The molecule has 100 valence electrons. The van der Waals surface area contributed by atoms with Gasteiger partial charge in [-0.05, 0) is 57.6 Å². The predicted octanol–water partition coefficient (Wildman–Crippen LogP) is 3.96. The van der Waals surface area contributed by atoms with Gasteiger partial charge in [0.2, 0.25) is 0 Å². The zero-order valence-electron chi connectivity index (χ0n) is 10.9. The molecule has 1 aliphatic rings. The molecule has 1 saturated heterocycles. The molecule has 1 aromatic rings. The Morgan fingerprint density at radius 2 is 1.94 bits per heavy atom. The Morgan fingerprint density at radius 1 is 1.28 bits per heavy atom. The van der Waals surface area contributed by atoms with Crippen LogP contribution in [0.15, 0.2) is 27.1 Å². The lowest BCUT2D eigenvalue weighted by molar-refractivity contribution is 0.226. The van der Waals surface area contributed by atoms with E-state index < -0.39 is 0 Å². The monoisotopic (exact) mass is 374 g/mol. The molecule has 18 heavy (non-hydrogen) atoms. The number of halogens is 2. The van der Waals surface area contributed by atoms with Crippen LogP contribution in [0.2, 0.25) is 0 Å². The number of benzene rings is 1. The largest absolute Gasteiger partial charge is 0.307 e. The van der Waals surface area contributed by atoms with E-state index >= 15 is 0 Å². The van der Waals surface area contributed by atoms with Crippen molar-refractivity contribution in [2.75, 3.05) is 20.1 Å². The summed E-state index contributed by atoms with van der Waals surface area (Å²) >= 11 is 7.14. The van der Waals surface area contributed by atoms with E-state index in [4.69, 9.17) is 0 Å². The molecule has 1 fully saturated rings. The molecule has 1 N–H and O–H groups in total. The fourth-order valence-electron chi connectivity index (χ4n) is 2.47. The number of rotatable bonds is 3. The maximum Gasteiger partial charge on any atom is 0.0305 e. The third-order valence-corrected chi connectivity index (χ3v) is 4.81. The van der Waals surface area contributed by atoms with E-state index in [-0.39, 0.29) is 0 Å². The third kappa shape index (κ3) is 3.80. The van der Waals surface area contributed by atoms with Gasteiger partial charge in [-0.15, -0.1) is 0 Å². The maximum atomic E-state index is 3.74. The normalized spacial score (nSPS) is 20.0. The van der Waals surface area contributed by atoms with Gasteiger partial charge in [-0.1, -0.05) is 37.9 Å². The summed E-state index contributed by atoms with van der Waals surface area (Å²) in [5, 5.41) is 3.74. The first-order valence-electron chi connectivity index (χ1n) is 6.46. The smallest absolute Gasteiger partial charge is 0.0305 e. The van der Waals surface area contributed by atoms with Gasteiger partial charge in [-0.3, -0.25) is 0 Å². The van der Waals surface area contributed by atoms with Gasteiger partial charge in [-0.25, -0.2) is 0 Å². The molecule has 1 aromatic carbocycles. The van der Waals surface area contributed by atoms with Crippen LogP contribution in [0.25, 0.3) is 0 Å². The number of hydrogen-bond donors (Lipinski definition) is 1. The number of nitrogens with one attached hydrogen (secondary N) is 1. The van der Waals surface area contributed by atoms with Crippen LogP contribution < -0.4 is 5.32 Å². The molecule has 2 nitrogen and oxygen atoms in total. The molecule has 0 amide bonds. The van der Waals surface area contributed by atoms with Crippen molar-refractivity contribution in [1.82, 2.24) is 10.2 Å². The molecule has 1 heterocycles. The van der Waals surface area contributed by atoms with E-state index in [0.717, 1.165) is 4.47 Å². The molecule has 0 bridgehead atoms. The van der Waals surface area contributed by atoms with Crippen LogP contribution in [-0.2, 0) is 0 Å². The van der Waals surface area contributed by atoms with Gasteiger partial charge in [0.1, 0.15) is 0 Å². The minimum atomic E-state index is 0.390. The minimum Gasteiger partial charge on any atom is -0.307 e. The summed E-state index contributed by atoms with van der Waals surface area (Å²) in [5.74, 6) is 0. The van der Waals surface area contributed by atoms with E-state index in [1.54, 1.807) is 0 Å². The maximum absolute atomic E-state index is 3.74. The second kappa shape index (κ2) is 6.51. The zero-order valence-corrected chi connectivity index (χ0v) is 14.1. The summed E-state index contributed by atoms with van der Waals surface area (Å²) in [6, 6.07) is 7.43. The van der Waals surface area contributed by atoms with Gasteiger partial charge in [-0.2, -0.15) is 0 Å². The van der Waals surface area contributed by atoms with Gasteiger partial charge in [0.15, 0.2) is 0 Å². The molecular formula is C14H20Br2N2. The molecule has 1 aliphatic heterocycles. The fourth-order valence-corrected chi connectivity index (χ4v) is 3.86. The summed E-state index contributed by atoms with van der Waals surface area (Å²) in [7, 11) is 2.20. The standard InChI is InChI=1S/C14H20Br2N2/c1-10(13-4-3-11(15)9-14(13)16)17-12-5-7-18(2)8-6-12/h3-4,9-10,12,17H,5-8H2,1-2H3. The average molecular weight is 376 g/mol. The van der Waals surface area contributed by atoms with Crippen molar-refractivity contribution in [3.8, 4) is 0 Å². The lowest BCUT2D eigenvalue weighted by atomic mass is 10.0. The molecule has 1 unspecified atom stereocenters. The van der Waals surface area contributed by atoms with E-state index in [1.807, 2.05) is 0 Å². The second-order valence-corrected chi connectivity index (χ2v) is 6.90. The van der Waals surface area contributed by atoms with Crippen molar-refractivity contribution in [3.05, 3.63) is 32.7 Å². The summed E-state index contributed by atoms with van der Waals surface area (Å²) in [6.07, 6.45) is 2.49. The molecule has 1 atom stereocenters. The van der Waals surface area contributed by atoms with E-state index in [0.29, 0.717) is 12.1 Å². The van der Waals surface area contributed by atoms with Crippen molar-refractivity contribution >= 4 is 31.9 Å². The van der Waals surface area contributed by atoms with Crippen molar-refractivity contribution in [2.45, 2.75) is 31.8 Å². The highest BCUT2D eigenvalue weighted by molar-refractivity contribution is 9.11. The van der Waals surface area contributed by atoms with Crippen LogP contribution in [-0.4, -0.2) is 31.1 Å². The van der Waals surface area contributed by atoms with E-state index in [2.05, 4.69) is 74.2 Å². The molecular weight excluding hydrogens is 356 g/mol. The Bertz CT molecular complexity index is 401. The van der Waals surface area contributed by atoms with E-state index in [1.165, 1.54) is 36.0 Å². The van der Waals surface area contributed by atoms with Crippen LogP contribution in [0, 0.1) is 0 Å². The highest BCUT2D eigenvalue weighted by Gasteiger charge is 2.19. The summed E-state index contributed by atoms with van der Waals surface area (Å²) in [5.41, 5.74) is 1.33. The summed E-state index contributed by atoms with van der Waals surface area (Å²) in [4.78, 5) is 2.40. The Labute approximate surface area is 126 Å². The molecule has 0 aromatic heterocycles. The average Bonchev–Trinajstić information content (AvgIpc) is 2.32. The Morgan fingerprint density at radius 3 is 2.56 bits per heavy atom. The number of piperidine rings is 1. The quantitative estimate of drug-likeness (QED) is 0.860. The minimum absolute atomic E-state index is 0.390. The molecule has 0 radical (unpaired) electrons. The van der Waals surface area contributed by atoms with Crippen molar-refractivity contribution < 1.29 is 0 Å². The summed E-state index contributed by atoms with van der Waals surface area (Å²) < 4.78 is 2.29. The second-order valence-electron chi connectivity index (χ2n) is 5.13. The van der Waals surface area contributed by atoms with Crippen molar-refractivity contribution in [1.29, 1.82) is 0 Å². The molecule has 2 rings (SSSR count). The lowest BCUT2D eigenvalue weighted by Crippen LogP contribution is -2.41. The van der Waals surface area contributed by atoms with Gasteiger partial charge < -0.3 is 10.2 Å². The van der Waals surface area contributed by atoms with Crippen LogP contribution in [0.1, 0.15) is 31.4 Å². The summed E-state index contributed by atoms with van der Waals surface area (Å²) in [6.45, 7) is 4.64. The Hall–Kier alpha value is 0.1000. The number of nitrogens with zero attached hydrogens (tertiary/aromatic N) is 1. The lowest BCUT2D eigenvalue weighted by Gasteiger charge is -2.32. The number of likely N-dealkylation sites (tertiary alicyclic amines) is 1. The SMILES string of the molecule is CC(NC1CCN(C)CC1)c1ccc(Br)cc1Br. The van der Waals surface area contributed by atoms with Crippen LogP contribution in [0.4, 0.5) is 0 Å². The molecule has 0 spiro atoms. The molecule has 0 aliphatic carbocycles. The topological polar surface area (TPSA) is 15.3 Å². The highest BCUT2D eigenvalue weighted by atomic mass is 79.9. The Kier molecular flexibility index (Phi) is 5.24. The van der Waals surface area contributed by atoms with Crippen molar-refractivity contribution in [3.63, 3.8) is 0 Å². The van der Waals surface area contributed by atoms with Crippen molar-refractivity contribution in [2.24, 2.45) is 0 Å². The third-order valence-electron chi connectivity index (χ3n) is 3.63. The molecule has 0 saturated carbocycles. The van der Waals surface area contributed by atoms with Gasteiger partial charge in [0.05, 0.1) is 0 Å². The first-order chi connectivity index (χ1) is 8.56. The van der Waals surface area contributed by atoms with Crippen LogP contribution in [0.5, 0.6) is 0 Å². The number of hydrogen-bond acceptors (Lipinski definition) is 2. The van der Waals surface area contributed by atoms with E-state index in [9.17, 15) is 0 Å². The fraction of sp³-hybridized carbons (Fsp3) is 0.571. The van der Waals surface area contributed by atoms with Crippen LogP contribution in [0.3, 0.4) is 0 Å². The zero-order chi connectivity index (χ0) is 13.1. The predicted molar refractivity (Wildman–Crippen MR) is 83.9 cm³/mol. The first-order valence-corrected chi connectivity index (χ1v) is 8.04. The van der Waals surface area contributed by atoms with Gasteiger partial charge in [0.25, 0.3) is 0 Å². The first kappa shape index (κ1) is 14.5. The highest BCUT2D eigenvalue weighted by Crippen LogP contribution is 2.27. The van der Waals surface area contributed by atoms with Gasteiger partial charge >= 0.3 is 0 Å². The van der Waals surface area contributed by atoms with Gasteiger partial charge in [0, 0.05) is 21.0 Å². The Balaban J connectivity index is 1.97.